The van der Waals surface area contributed by atoms with Crippen LogP contribution in [-0.2, 0) is 13.1 Å². The summed E-state index contributed by atoms with van der Waals surface area (Å²) in [7, 11) is 0. The molecule has 0 unspecified atom stereocenters. The van der Waals surface area contributed by atoms with E-state index in [9.17, 15) is 18.4 Å². The molecule has 5 rings (SSSR count). The van der Waals surface area contributed by atoms with Crippen molar-refractivity contribution in [2.45, 2.75) is 50.9 Å². The van der Waals surface area contributed by atoms with Gasteiger partial charge in [-0.1, -0.05) is 30.3 Å². The molecule has 2 fully saturated rings. The molecule has 0 atom stereocenters. The maximum absolute atomic E-state index is 13.7. The summed E-state index contributed by atoms with van der Waals surface area (Å²) in [6.07, 6.45) is 3.68. The average Bonchev–Trinajstić information content (AvgIpc) is 3.74. The lowest BCUT2D eigenvalue weighted by Gasteiger charge is -2.24. The van der Waals surface area contributed by atoms with E-state index >= 15 is 0 Å². The third-order valence-electron chi connectivity index (χ3n) is 6.34. The van der Waals surface area contributed by atoms with Crippen LogP contribution in [0.1, 0.15) is 57.5 Å². The maximum atomic E-state index is 13.7. The van der Waals surface area contributed by atoms with Gasteiger partial charge in [0.25, 0.3) is 11.8 Å². The van der Waals surface area contributed by atoms with E-state index in [1.807, 2.05) is 12.1 Å². The monoisotopic (exact) mass is 460 g/mol. The van der Waals surface area contributed by atoms with E-state index in [2.05, 4.69) is 0 Å². The number of nitrogens with zero attached hydrogens (tertiary/aromatic N) is 2. The molecule has 0 radical (unpaired) electrons. The first-order valence-corrected chi connectivity index (χ1v) is 11.7. The van der Waals surface area contributed by atoms with Crippen molar-refractivity contribution in [3.8, 4) is 0 Å². The fourth-order valence-electron chi connectivity index (χ4n) is 4.29. The van der Waals surface area contributed by atoms with Crippen LogP contribution >= 0.6 is 0 Å². The molecule has 3 aromatic rings. The first-order valence-electron chi connectivity index (χ1n) is 11.7. The number of halogens is 2. The molecule has 0 heterocycles. The summed E-state index contributed by atoms with van der Waals surface area (Å²) in [5, 5.41) is 0. The lowest BCUT2D eigenvalue weighted by atomic mass is 10.1. The molecule has 3 aromatic carbocycles. The van der Waals surface area contributed by atoms with E-state index in [1.54, 1.807) is 46.2 Å². The van der Waals surface area contributed by atoms with Gasteiger partial charge in [0, 0.05) is 36.3 Å². The molecule has 2 amide bonds. The molecule has 2 saturated carbocycles. The number of carbonyl (C=O) groups excluding carboxylic acids is 2. The Morgan fingerprint density at radius 2 is 1.06 bits per heavy atom. The Labute approximate surface area is 197 Å². The van der Waals surface area contributed by atoms with Crippen molar-refractivity contribution < 1.29 is 18.4 Å². The van der Waals surface area contributed by atoms with Crippen LogP contribution < -0.4 is 0 Å². The summed E-state index contributed by atoms with van der Waals surface area (Å²) in [6, 6.07) is 19.6. The molecule has 2 aliphatic rings. The number of hydrogen-bond donors (Lipinski definition) is 0. The van der Waals surface area contributed by atoms with Gasteiger partial charge >= 0.3 is 0 Å². The van der Waals surface area contributed by atoms with Crippen molar-refractivity contribution in [3.63, 3.8) is 0 Å². The minimum Gasteiger partial charge on any atom is -0.331 e. The average molecular weight is 461 g/mol. The molecule has 0 saturated heterocycles. The largest absolute Gasteiger partial charge is 0.331 e. The van der Waals surface area contributed by atoms with Crippen molar-refractivity contribution in [3.05, 3.63) is 107 Å². The van der Waals surface area contributed by atoms with Gasteiger partial charge in [-0.2, -0.15) is 0 Å². The Hall–Kier alpha value is -3.54. The third-order valence-corrected chi connectivity index (χ3v) is 6.34. The second-order valence-electron chi connectivity index (χ2n) is 9.17. The molecular weight excluding hydrogens is 434 g/mol. The smallest absolute Gasteiger partial charge is 0.254 e. The highest BCUT2D eigenvalue weighted by Gasteiger charge is 2.35. The molecular formula is C28H26F2N2O2. The Bertz CT molecular complexity index is 1130. The van der Waals surface area contributed by atoms with Gasteiger partial charge in [0.15, 0.2) is 0 Å². The minimum absolute atomic E-state index is 0.131. The van der Waals surface area contributed by atoms with E-state index in [4.69, 9.17) is 0 Å². The molecule has 0 bridgehead atoms. The number of rotatable bonds is 8. The van der Waals surface area contributed by atoms with Crippen molar-refractivity contribution >= 4 is 11.8 Å². The molecule has 0 N–H and O–H groups in total. The van der Waals surface area contributed by atoms with Crippen molar-refractivity contribution in [2.75, 3.05) is 0 Å². The first-order chi connectivity index (χ1) is 16.5. The molecule has 34 heavy (non-hydrogen) atoms. The minimum atomic E-state index is -0.327. The fourth-order valence-corrected chi connectivity index (χ4v) is 4.29. The SMILES string of the molecule is O=C(c1cccc(C(=O)N(Cc2cccc(F)c2)C2CC2)c1)N(Cc1cccc(F)c1)C1CC1. The molecule has 0 aliphatic heterocycles. The van der Waals surface area contributed by atoms with Crippen LogP contribution in [0, 0.1) is 11.6 Å². The Morgan fingerprint density at radius 3 is 1.44 bits per heavy atom. The van der Waals surface area contributed by atoms with Gasteiger partial charge in [-0.15, -0.1) is 0 Å². The molecule has 174 valence electrons. The number of carbonyl (C=O) groups is 2. The molecule has 6 heteroatoms. The normalized spacial score (nSPS) is 15.1. The zero-order valence-electron chi connectivity index (χ0n) is 18.8. The first kappa shape index (κ1) is 22.3. The topological polar surface area (TPSA) is 40.6 Å². The summed E-state index contributed by atoms with van der Waals surface area (Å²) in [6.45, 7) is 0.653. The highest BCUT2D eigenvalue weighted by atomic mass is 19.1. The Kier molecular flexibility index (Phi) is 6.14. The quantitative estimate of drug-likeness (QED) is 0.441. The highest BCUT2D eigenvalue weighted by molar-refractivity contribution is 6.00. The maximum Gasteiger partial charge on any atom is 0.254 e. The van der Waals surface area contributed by atoms with Gasteiger partial charge in [-0.05, 0) is 79.3 Å². The second-order valence-corrected chi connectivity index (χ2v) is 9.17. The van der Waals surface area contributed by atoms with Crippen LogP contribution in [0.3, 0.4) is 0 Å². The van der Waals surface area contributed by atoms with Crippen LogP contribution in [-0.4, -0.2) is 33.7 Å². The van der Waals surface area contributed by atoms with Gasteiger partial charge in [0.2, 0.25) is 0 Å². The molecule has 4 nitrogen and oxygen atoms in total. The second kappa shape index (κ2) is 9.37. The van der Waals surface area contributed by atoms with E-state index in [0.717, 1.165) is 36.8 Å². The van der Waals surface area contributed by atoms with E-state index in [-0.39, 0.29) is 35.5 Å². The van der Waals surface area contributed by atoms with Crippen LogP contribution in [0.15, 0.2) is 72.8 Å². The molecule has 0 spiro atoms. The van der Waals surface area contributed by atoms with Crippen molar-refractivity contribution in [2.24, 2.45) is 0 Å². The van der Waals surface area contributed by atoms with Crippen LogP contribution in [0.5, 0.6) is 0 Å². The number of amides is 2. The Balaban J connectivity index is 1.36. The van der Waals surface area contributed by atoms with Gasteiger partial charge in [0.1, 0.15) is 11.6 Å². The highest BCUT2D eigenvalue weighted by Crippen LogP contribution is 2.32. The van der Waals surface area contributed by atoms with Crippen molar-refractivity contribution in [1.29, 1.82) is 0 Å². The van der Waals surface area contributed by atoms with E-state index < -0.39 is 0 Å². The van der Waals surface area contributed by atoms with Crippen LogP contribution in [0.2, 0.25) is 0 Å². The van der Waals surface area contributed by atoms with Gasteiger partial charge in [-0.25, -0.2) is 8.78 Å². The van der Waals surface area contributed by atoms with Crippen LogP contribution in [0.4, 0.5) is 8.78 Å². The third kappa shape index (κ3) is 5.16. The number of hydrogen-bond acceptors (Lipinski definition) is 2. The fraction of sp³-hybridized carbons (Fsp3) is 0.286. The zero-order chi connectivity index (χ0) is 23.7. The number of benzene rings is 3. The molecule has 2 aliphatic carbocycles. The predicted octanol–water partition coefficient (Wildman–Crippen LogP) is 5.57. The molecule has 0 aromatic heterocycles. The zero-order valence-corrected chi connectivity index (χ0v) is 18.8. The van der Waals surface area contributed by atoms with E-state index in [1.165, 1.54) is 24.3 Å². The van der Waals surface area contributed by atoms with E-state index in [0.29, 0.717) is 24.2 Å². The summed E-state index contributed by atoms with van der Waals surface area (Å²) < 4.78 is 27.3. The van der Waals surface area contributed by atoms with Gasteiger partial charge in [-0.3, -0.25) is 9.59 Å². The predicted molar refractivity (Wildman–Crippen MR) is 125 cm³/mol. The van der Waals surface area contributed by atoms with Gasteiger partial charge < -0.3 is 9.80 Å². The lowest BCUT2D eigenvalue weighted by Crippen LogP contribution is -2.34. The summed E-state index contributed by atoms with van der Waals surface area (Å²) in [5.74, 6) is -0.979. The summed E-state index contributed by atoms with van der Waals surface area (Å²) in [5.41, 5.74) is 2.36. The van der Waals surface area contributed by atoms with Crippen molar-refractivity contribution in [1.82, 2.24) is 9.80 Å². The van der Waals surface area contributed by atoms with Crippen LogP contribution in [0.25, 0.3) is 0 Å². The lowest BCUT2D eigenvalue weighted by molar-refractivity contribution is 0.0728. The summed E-state index contributed by atoms with van der Waals surface area (Å²) in [4.78, 5) is 30.3. The van der Waals surface area contributed by atoms with Gasteiger partial charge in [0.05, 0.1) is 0 Å². The Morgan fingerprint density at radius 1 is 0.647 bits per heavy atom. The standard InChI is InChI=1S/C28H26F2N2O2/c29-23-8-1-4-19(14-23)17-31(25-10-11-25)27(33)21-6-3-7-22(16-21)28(34)32(26-12-13-26)18-20-5-2-9-24(30)15-20/h1-9,14-16,25-26H,10-13,17-18H2. The summed E-state index contributed by atoms with van der Waals surface area (Å²) >= 11 is 0.